The number of nitrogens with one attached hydrogen (secondary N) is 1. The van der Waals surface area contributed by atoms with Crippen molar-refractivity contribution in [1.82, 2.24) is 20.0 Å². The molecule has 4 nitrogen and oxygen atoms in total. The minimum Gasteiger partial charge on any atom is -0.306 e. The fourth-order valence-electron chi connectivity index (χ4n) is 5.37. The highest BCUT2D eigenvalue weighted by Gasteiger charge is 2.31. The summed E-state index contributed by atoms with van der Waals surface area (Å²) in [5.74, 6) is 2.67. The van der Waals surface area contributed by atoms with E-state index in [1.807, 2.05) is 0 Å². The van der Waals surface area contributed by atoms with Gasteiger partial charge in [0.25, 0.3) is 0 Å². The second-order valence-electron chi connectivity index (χ2n) is 8.57. The van der Waals surface area contributed by atoms with E-state index in [0.29, 0.717) is 0 Å². The van der Waals surface area contributed by atoms with Crippen molar-refractivity contribution < 1.29 is 0 Å². The Labute approximate surface area is 147 Å². The van der Waals surface area contributed by atoms with Crippen LogP contribution < -0.4 is 0 Å². The van der Waals surface area contributed by atoms with Crippen LogP contribution in [0.3, 0.4) is 0 Å². The number of hydrogen-bond acceptors (Lipinski definition) is 3. The van der Waals surface area contributed by atoms with Crippen LogP contribution in [0.4, 0.5) is 0 Å². The Morgan fingerprint density at radius 3 is 2.46 bits per heavy atom. The van der Waals surface area contributed by atoms with Crippen LogP contribution in [0, 0.1) is 11.8 Å². The maximum absolute atomic E-state index is 4.39. The summed E-state index contributed by atoms with van der Waals surface area (Å²) in [4.78, 5) is 5.19. The Hall–Kier alpha value is -0.870. The summed E-state index contributed by atoms with van der Waals surface area (Å²) in [7, 11) is 2.28. The summed E-state index contributed by atoms with van der Waals surface area (Å²) in [6, 6.07) is 0. The van der Waals surface area contributed by atoms with E-state index in [1.54, 1.807) is 0 Å². The van der Waals surface area contributed by atoms with E-state index >= 15 is 0 Å². The Morgan fingerprint density at radius 2 is 1.75 bits per heavy atom. The van der Waals surface area contributed by atoms with Crippen molar-refractivity contribution in [2.24, 2.45) is 11.8 Å². The molecule has 0 amide bonds. The molecule has 2 aliphatic heterocycles. The van der Waals surface area contributed by atoms with Crippen molar-refractivity contribution in [3.8, 4) is 0 Å². The summed E-state index contributed by atoms with van der Waals surface area (Å²) in [6.45, 7) is 6.31. The second kappa shape index (κ2) is 7.57. The molecule has 0 spiro atoms. The smallest absolute Gasteiger partial charge is 0.0535 e. The lowest BCUT2D eigenvalue weighted by molar-refractivity contribution is 0.142. The zero-order valence-electron chi connectivity index (χ0n) is 15.3. The van der Waals surface area contributed by atoms with Crippen LogP contribution in [0.2, 0.25) is 0 Å². The monoisotopic (exact) mass is 330 g/mol. The van der Waals surface area contributed by atoms with Gasteiger partial charge in [-0.2, -0.15) is 5.10 Å². The minimum absolute atomic E-state index is 0.739. The average Bonchev–Trinajstić information content (AvgIpc) is 3.25. The van der Waals surface area contributed by atoms with Crippen LogP contribution in [-0.2, 0) is 6.54 Å². The number of likely N-dealkylation sites (tertiary alicyclic amines) is 2. The van der Waals surface area contributed by atoms with Gasteiger partial charge in [-0.3, -0.25) is 10.00 Å². The van der Waals surface area contributed by atoms with Crippen LogP contribution in [0.1, 0.15) is 68.5 Å². The lowest BCUT2D eigenvalue weighted by atomic mass is 9.83. The number of piperidine rings is 1. The third kappa shape index (κ3) is 3.70. The van der Waals surface area contributed by atoms with Gasteiger partial charge in [0.05, 0.1) is 6.20 Å². The lowest BCUT2D eigenvalue weighted by Gasteiger charge is -2.35. The summed E-state index contributed by atoms with van der Waals surface area (Å²) in [5.41, 5.74) is 2.93. The maximum Gasteiger partial charge on any atom is 0.0535 e. The number of aromatic nitrogens is 2. The molecule has 0 aromatic carbocycles. The molecule has 134 valence electrons. The van der Waals surface area contributed by atoms with Crippen molar-refractivity contribution in [3.63, 3.8) is 0 Å². The molecule has 1 aliphatic carbocycles. The number of aromatic amines is 1. The van der Waals surface area contributed by atoms with Crippen LogP contribution in [0.25, 0.3) is 0 Å². The maximum atomic E-state index is 4.39. The summed E-state index contributed by atoms with van der Waals surface area (Å²) < 4.78 is 0. The molecule has 1 N–H and O–H groups in total. The molecule has 4 heteroatoms. The van der Waals surface area contributed by atoms with Gasteiger partial charge in [0.2, 0.25) is 0 Å². The summed E-state index contributed by atoms with van der Waals surface area (Å²) >= 11 is 0. The second-order valence-corrected chi connectivity index (χ2v) is 8.57. The number of H-pyrrole nitrogens is 1. The highest BCUT2D eigenvalue weighted by atomic mass is 15.2. The van der Waals surface area contributed by atoms with E-state index in [0.717, 1.165) is 24.3 Å². The van der Waals surface area contributed by atoms with E-state index in [2.05, 4.69) is 33.2 Å². The van der Waals surface area contributed by atoms with Crippen molar-refractivity contribution in [3.05, 3.63) is 17.5 Å². The van der Waals surface area contributed by atoms with Gasteiger partial charge in [-0.05, 0) is 70.6 Å². The third-order valence-corrected chi connectivity index (χ3v) is 6.89. The van der Waals surface area contributed by atoms with Crippen LogP contribution >= 0.6 is 0 Å². The van der Waals surface area contributed by atoms with Gasteiger partial charge in [-0.15, -0.1) is 0 Å². The van der Waals surface area contributed by atoms with Crippen LogP contribution in [0.5, 0.6) is 0 Å². The predicted molar refractivity (Wildman–Crippen MR) is 98.0 cm³/mol. The van der Waals surface area contributed by atoms with E-state index in [1.165, 1.54) is 88.8 Å². The summed E-state index contributed by atoms with van der Waals surface area (Å²) in [5, 5.41) is 7.73. The van der Waals surface area contributed by atoms with Crippen LogP contribution in [0.15, 0.2) is 6.20 Å². The Morgan fingerprint density at radius 1 is 1.00 bits per heavy atom. The molecule has 1 atom stereocenters. The van der Waals surface area contributed by atoms with Crippen molar-refractivity contribution in [2.45, 2.75) is 63.8 Å². The molecule has 1 aromatic rings. The SMILES string of the molecule is CN1CCC(C2CCN(Cc3cn[nH]c3C3CCCCC3)CC2)C1. The van der Waals surface area contributed by atoms with E-state index in [4.69, 9.17) is 0 Å². The predicted octanol–water partition coefficient (Wildman–Crippen LogP) is 3.62. The fraction of sp³-hybridized carbons (Fsp3) is 0.850. The molecule has 4 rings (SSSR count). The minimum atomic E-state index is 0.739. The average molecular weight is 331 g/mol. The lowest BCUT2D eigenvalue weighted by Crippen LogP contribution is -2.36. The first-order valence-corrected chi connectivity index (χ1v) is 10.2. The number of rotatable bonds is 4. The Bertz CT molecular complexity index is 511. The molecule has 0 radical (unpaired) electrons. The van der Waals surface area contributed by atoms with Crippen molar-refractivity contribution in [2.75, 3.05) is 33.2 Å². The molecular formula is C20H34N4. The number of nitrogens with zero attached hydrogens (tertiary/aromatic N) is 3. The van der Waals surface area contributed by atoms with Gasteiger partial charge in [-0.25, -0.2) is 0 Å². The van der Waals surface area contributed by atoms with Gasteiger partial charge < -0.3 is 4.90 Å². The van der Waals surface area contributed by atoms with Gasteiger partial charge in [0, 0.05) is 30.3 Å². The molecule has 24 heavy (non-hydrogen) atoms. The molecule has 1 saturated carbocycles. The molecule has 1 unspecified atom stereocenters. The molecular weight excluding hydrogens is 296 g/mol. The zero-order chi connectivity index (χ0) is 16.4. The first kappa shape index (κ1) is 16.6. The quantitative estimate of drug-likeness (QED) is 0.916. The number of hydrogen-bond donors (Lipinski definition) is 1. The van der Waals surface area contributed by atoms with Gasteiger partial charge >= 0.3 is 0 Å². The van der Waals surface area contributed by atoms with Crippen molar-refractivity contribution >= 4 is 0 Å². The zero-order valence-corrected chi connectivity index (χ0v) is 15.3. The van der Waals surface area contributed by atoms with Crippen molar-refractivity contribution in [1.29, 1.82) is 0 Å². The van der Waals surface area contributed by atoms with E-state index < -0.39 is 0 Å². The Kier molecular flexibility index (Phi) is 5.23. The first-order chi connectivity index (χ1) is 11.8. The molecule has 2 saturated heterocycles. The van der Waals surface area contributed by atoms with E-state index in [-0.39, 0.29) is 0 Å². The Balaban J connectivity index is 1.30. The van der Waals surface area contributed by atoms with Gasteiger partial charge in [0.1, 0.15) is 0 Å². The fourth-order valence-corrected chi connectivity index (χ4v) is 5.37. The topological polar surface area (TPSA) is 35.2 Å². The molecule has 0 bridgehead atoms. The largest absolute Gasteiger partial charge is 0.306 e. The van der Waals surface area contributed by atoms with E-state index in [9.17, 15) is 0 Å². The highest BCUT2D eigenvalue weighted by molar-refractivity contribution is 5.21. The standard InChI is InChI=1S/C20H34N4/c1-23-10-7-18(14-23)16-8-11-24(12-9-16)15-19-13-21-22-20(19)17-5-3-2-4-6-17/h13,16-18H,2-12,14-15H2,1H3,(H,21,22). The highest BCUT2D eigenvalue weighted by Crippen LogP contribution is 2.35. The van der Waals surface area contributed by atoms with Gasteiger partial charge in [-0.1, -0.05) is 19.3 Å². The first-order valence-electron chi connectivity index (χ1n) is 10.2. The third-order valence-electron chi connectivity index (χ3n) is 6.89. The molecule has 3 aliphatic rings. The molecule has 3 heterocycles. The summed E-state index contributed by atoms with van der Waals surface area (Å²) in [6.07, 6.45) is 13.2. The van der Waals surface area contributed by atoms with Crippen LogP contribution in [-0.4, -0.2) is 53.2 Å². The normalized spacial score (nSPS) is 28.6. The molecule has 3 fully saturated rings. The molecule has 1 aromatic heterocycles. The van der Waals surface area contributed by atoms with Gasteiger partial charge in [0.15, 0.2) is 0 Å².